The number of H-pyrrole nitrogens is 1. The van der Waals surface area contributed by atoms with Gasteiger partial charge in [-0.1, -0.05) is 0 Å². The van der Waals surface area contributed by atoms with Crippen molar-refractivity contribution < 1.29 is 4.79 Å². The minimum absolute atomic E-state index is 0.143. The van der Waals surface area contributed by atoms with E-state index in [0.29, 0.717) is 6.54 Å². The van der Waals surface area contributed by atoms with E-state index in [-0.39, 0.29) is 11.9 Å². The van der Waals surface area contributed by atoms with Crippen LogP contribution >= 0.6 is 0 Å². The zero-order chi connectivity index (χ0) is 14.9. The highest BCUT2D eigenvalue weighted by Gasteiger charge is 2.31. The molecule has 0 aromatic carbocycles. The normalized spacial score (nSPS) is 22.5. The summed E-state index contributed by atoms with van der Waals surface area (Å²) in [6, 6.07) is 1.85. The lowest BCUT2D eigenvalue weighted by molar-refractivity contribution is -0.132. The van der Waals surface area contributed by atoms with Gasteiger partial charge in [0.05, 0.1) is 5.39 Å². The van der Waals surface area contributed by atoms with Gasteiger partial charge in [0.2, 0.25) is 5.91 Å². The Morgan fingerprint density at radius 3 is 2.95 bits per heavy atom. The average Bonchev–Trinajstić information content (AvgIpc) is 3.25. The molecule has 4 rings (SSSR count). The second-order valence-corrected chi connectivity index (χ2v) is 5.92. The highest BCUT2D eigenvalue weighted by atomic mass is 16.2. The van der Waals surface area contributed by atoms with Gasteiger partial charge in [0.15, 0.2) is 0 Å². The molecule has 0 unspecified atom stereocenters. The first-order valence-electron chi connectivity index (χ1n) is 7.88. The molecule has 7 heteroatoms. The minimum atomic E-state index is -0.143. The van der Waals surface area contributed by atoms with E-state index in [0.717, 1.165) is 55.9 Å². The molecule has 116 valence electrons. The number of rotatable bonds is 2. The van der Waals surface area contributed by atoms with Crippen molar-refractivity contribution in [3.8, 4) is 0 Å². The van der Waals surface area contributed by atoms with E-state index in [1.54, 1.807) is 6.33 Å². The lowest BCUT2D eigenvalue weighted by atomic mass is 10.1. The molecule has 0 aliphatic carbocycles. The molecule has 0 bridgehead atoms. The molecule has 2 N–H and O–H groups in total. The van der Waals surface area contributed by atoms with Crippen molar-refractivity contribution in [3.05, 3.63) is 18.6 Å². The standard InChI is InChI=1S/C15H20N6O/c22-15(20-6-1-2-7-20)12-9-21(8-5-16-12)14-11-3-4-17-13(11)18-10-19-14/h3-4,10,12,16H,1-2,5-9H2,(H,17,18,19)/t12-/m0/s1. The third kappa shape index (κ3) is 2.31. The van der Waals surface area contributed by atoms with Gasteiger partial charge in [0.25, 0.3) is 0 Å². The van der Waals surface area contributed by atoms with E-state index in [1.165, 1.54) is 0 Å². The number of nitrogens with zero attached hydrogens (tertiary/aromatic N) is 4. The Morgan fingerprint density at radius 1 is 1.23 bits per heavy atom. The molecule has 0 spiro atoms. The molecule has 4 heterocycles. The summed E-state index contributed by atoms with van der Waals surface area (Å²) >= 11 is 0. The number of aromatic nitrogens is 3. The van der Waals surface area contributed by atoms with Gasteiger partial charge in [-0.2, -0.15) is 0 Å². The lowest BCUT2D eigenvalue weighted by Gasteiger charge is -2.35. The summed E-state index contributed by atoms with van der Waals surface area (Å²) < 4.78 is 0. The molecule has 1 amide bonds. The Kier molecular flexibility index (Phi) is 3.42. The molecule has 22 heavy (non-hydrogen) atoms. The number of piperazine rings is 1. The Hall–Kier alpha value is -2.15. The first-order chi connectivity index (χ1) is 10.8. The van der Waals surface area contributed by atoms with Crippen LogP contribution in [0.1, 0.15) is 12.8 Å². The van der Waals surface area contributed by atoms with Crippen molar-refractivity contribution in [2.45, 2.75) is 18.9 Å². The molecule has 0 saturated carbocycles. The number of fused-ring (bicyclic) bond motifs is 1. The average molecular weight is 300 g/mol. The van der Waals surface area contributed by atoms with Crippen LogP contribution in [0.25, 0.3) is 11.0 Å². The minimum Gasteiger partial charge on any atom is -0.353 e. The van der Waals surface area contributed by atoms with E-state index in [2.05, 4.69) is 25.2 Å². The van der Waals surface area contributed by atoms with E-state index >= 15 is 0 Å². The monoisotopic (exact) mass is 300 g/mol. The largest absolute Gasteiger partial charge is 0.353 e. The van der Waals surface area contributed by atoms with E-state index in [9.17, 15) is 4.79 Å². The van der Waals surface area contributed by atoms with Gasteiger partial charge >= 0.3 is 0 Å². The van der Waals surface area contributed by atoms with Gasteiger partial charge in [0, 0.05) is 38.9 Å². The molecule has 2 aromatic rings. The van der Waals surface area contributed by atoms with Gasteiger partial charge in [-0.15, -0.1) is 0 Å². The molecular weight excluding hydrogens is 280 g/mol. The predicted molar refractivity (Wildman–Crippen MR) is 83.7 cm³/mol. The summed E-state index contributed by atoms with van der Waals surface area (Å²) in [6.07, 6.45) is 5.70. The number of carbonyl (C=O) groups is 1. The van der Waals surface area contributed by atoms with Crippen LogP contribution in [0, 0.1) is 0 Å². The molecular formula is C15H20N6O. The third-order valence-corrected chi connectivity index (χ3v) is 4.52. The fourth-order valence-corrected chi connectivity index (χ4v) is 3.38. The summed E-state index contributed by atoms with van der Waals surface area (Å²) in [5.41, 5.74) is 0.839. The smallest absolute Gasteiger partial charge is 0.241 e. The number of nitrogens with one attached hydrogen (secondary N) is 2. The predicted octanol–water partition coefficient (Wildman–Crippen LogP) is 0.359. The summed E-state index contributed by atoms with van der Waals surface area (Å²) in [4.78, 5) is 28.5. The number of likely N-dealkylation sites (tertiary alicyclic amines) is 1. The van der Waals surface area contributed by atoms with Crippen molar-refractivity contribution in [2.24, 2.45) is 0 Å². The van der Waals surface area contributed by atoms with E-state index in [1.807, 2.05) is 17.2 Å². The van der Waals surface area contributed by atoms with Crippen molar-refractivity contribution >= 4 is 22.8 Å². The zero-order valence-corrected chi connectivity index (χ0v) is 12.5. The first-order valence-corrected chi connectivity index (χ1v) is 7.88. The quantitative estimate of drug-likeness (QED) is 0.837. The van der Waals surface area contributed by atoms with Crippen molar-refractivity contribution in [2.75, 3.05) is 37.6 Å². The summed E-state index contributed by atoms with van der Waals surface area (Å²) in [5.74, 6) is 1.13. The molecule has 0 radical (unpaired) electrons. The van der Waals surface area contributed by atoms with Gasteiger partial charge in [-0.25, -0.2) is 9.97 Å². The van der Waals surface area contributed by atoms with Gasteiger partial charge in [0.1, 0.15) is 23.8 Å². The van der Waals surface area contributed by atoms with Crippen LogP contribution in [0.5, 0.6) is 0 Å². The van der Waals surface area contributed by atoms with Crippen LogP contribution in [0.2, 0.25) is 0 Å². The fourth-order valence-electron chi connectivity index (χ4n) is 3.38. The van der Waals surface area contributed by atoms with Crippen LogP contribution in [0.4, 0.5) is 5.82 Å². The maximum absolute atomic E-state index is 12.6. The van der Waals surface area contributed by atoms with Crippen LogP contribution in [0.15, 0.2) is 18.6 Å². The lowest BCUT2D eigenvalue weighted by Crippen LogP contribution is -2.57. The van der Waals surface area contributed by atoms with Crippen LogP contribution in [0.3, 0.4) is 0 Å². The first kappa shape index (κ1) is 13.5. The fraction of sp³-hybridized carbons (Fsp3) is 0.533. The molecule has 2 aromatic heterocycles. The number of aromatic amines is 1. The van der Waals surface area contributed by atoms with Crippen LogP contribution < -0.4 is 10.2 Å². The number of hydrogen-bond acceptors (Lipinski definition) is 5. The molecule has 1 atom stereocenters. The Labute approximate surface area is 128 Å². The van der Waals surface area contributed by atoms with E-state index < -0.39 is 0 Å². The van der Waals surface area contributed by atoms with Crippen molar-refractivity contribution in [1.82, 2.24) is 25.2 Å². The Morgan fingerprint density at radius 2 is 2.09 bits per heavy atom. The van der Waals surface area contributed by atoms with Crippen LogP contribution in [-0.4, -0.2) is 64.5 Å². The maximum atomic E-state index is 12.6. The summed E-state index contributed by atoms with van der Waals surface area (Å²) in [6.45, 7) is 4.09. The van der Waals surface area contributed by atoms with Gasteiger partial charge < -0.3 is 20.1 Å². The molecule has 2 fully saturated rings. The molecule has 2 aliphatic rings. The third-order valence-electron chi connectivity index (χ3n) is 4.52. The molecule has 7 nitrogen and oxygen atoms in total. The number of carbonyl (C=O) groups excluding carboxylic acids is 1. The summed E-state index contributed by atoms with van der Waals surface area (Å²) in [5, 5.41) is 4.36. The SMILES string of the molecule is O=C([C@@H]1CN(c2ncnc3[nH]ccc23)CCN1)N1CCCC1. The number of hydrogen-bond donors (Lipinski definition) is 2. The van der Waals surface area contributed by atoms with Crippen molar-refractivity contribution in [3.63, 3.8) is 0 Å². The van der Waals surface area contributed by atoms with Gasteiger partial charge in [-0.3, -0.25) is 4.79 Å². The maximum Gasteiger partial charge on any atom is 0.241 e. The zero-order valence-electron chi connectivity index (χ0n) is 12.5. The highest BCUT2D eigenvalue weighted by Crippen LogP contribution is 2.23. The summed E-state index contributed by atoms with van der Waals surface area (Å²) in [7, 11) is 0. The van der Waals surface area contributed by atoms with E-state index in [4.69, 9.17) is 0 Å². The Bertz CT molecular complexity index is 677. The molecule has 2 aliphatic heterocycles. The second-order valence-electron chi connectivity index (χ2n) is 5.92. The van der Waals surface area contributed by atoms with Gasteiger partial charge in [-0.05, 0) is 18.9 Å². The van der Waals surface area contributed by atoms with Crippen molar-refractivity contribution in [1.29, 1.82) is 0 Å². The number of anilines is 1. The highest BCUT2D eigenvalue weighted by molar-refractivity contribution is 5.88. The molecule has 2 saturated heterocycles. The van der Waals surface area contributed by atoms with Crippen LogP contribution in [-0.2, 0) is 4.79 Å². The topological polar surface area (TPSA) is 77.1 Å². The second kappa shape index (κ2) is 5.57. The Balaban J connectivity index is 1.55. The number of amides is 1.